The van der Waals surface area contributed by atoms with Crippen molar-refractivity contribution in [3.8, 4) is 11.3 Å². The number of hydrogen-bond acceptors (Lipinski definition) is 2. The molecule has 2 rings (SSSR count). The predicted molar refractivity (Wildman–Crippen MR) is 53.9 cm³/mol. The Kier molecular flexibility index (Phi) is 2.52. The fraction of sp³-hybridized carbons (Fsp3) is 0.0909. The Morgan fingerprint density at radius 3 is 2.44 bits per heavy atom. The number of aryl methyl sites for hydroxylation is 1. The van der Waals surface area contributed by atoms with E-state index < -0.39 is 11.6 Å². The van der Waals surface area contributed by atoms with Gasteiger partial charge in [-0.25, -0.2) is 8.78 Å². The standard InChI is InChI=1S/C11H8F2N2O/c1-15-7(6-16)5-10(14-15)11-8(12)3-2-4-9(11)13/h2-6H,1H3. The van der Waals surface area contributed by atoms with Gasteiger partial charge in [-0.3, -0.25) is 9.48 Å². The summed E-state index contributed by atoms with van der Waals surface area (Å²) in [6, 6.07) is 4.91. The smallest absolute Gasteiger partial charge is 0.168 e. The number of halogens is 2. The molecule has 0 radical (unpaired) electrons. The Morgan fingerprint density at radius 1 is 1.31 bits per heavy atom. The minimum absolute atomic E-state index is 0.111. The van der Waals surface area contributed by atoms with Gasteiger partial charge in [0.15, 0.2) is 6.29 Å². The van der Waals surface area contributed by atoms with Gasteiger partial charge in [-0.05, 0) is 18.2 Å². The second-order valence-corrected chi connectivity index (χ2v) is 3.29. The lowest BCUT2D eigenvalue weighted by atomic mass is 10.1. The maximum absolute atomic E-state index is 13.4. The Bertz CT molecular complexity index is 529. The van der Waals surface area contributed by atoms with E-state index in [-0.39, 0.29) is 17.0 Å². The normalized spacial score (nSPS) is 10.4. The second-order valence-electron chi connectivity index (χ2n) is 3.29. The maximum Gasteiger partial charge on any atom is 0.168 e. The van der Waals surface area contributed by atoms with Crippen molar-refractivity contribution in [3.05, 3.63) is 41.6 Å². The Labute approximate surface area is 90.3 Å². The van der Waals surface area contributed by atoms with Gasteiger partial charge in [-0.1, -0.05) is 6.07 Å². The van der Waals surface area contributed by atoms with Crippen molar-refractivity contribution >= 4 is 6.29 Å². The molecule has 0 bridgehead atoms. The molecule has 82 valence electrons. The molecule has 16 heavy (non-hydrogen) atoms. The molecule has 0 atom stereocenters. The van der Waals surface area contributed by atoms with Gasteiger partial charge in [0.2, 0.25) is 0 Å². The van der Waals surface area contributed by atoms with Crippen LogP contribution in [0.2, 0.25) is 0 Å². The molecule has 1 heterocycles. The molecule has 1 aromatic heterocycles. The average molecular weight is 222 g/mol. The van der Waals surface area contributed by atoms with Gasteiger partial charge in [0.1, 0.15) is 17.3 Å². The largest absolute Gasteiger partial charge is 0.296 e. The Morgan fingerprint density at radius 2 is 1.94 bits per heavy atom. The average Bonchev–Trinajstić information content (AvgIpc) is 2.59. The Hall–Kier alpha value is -2.04. The van der Waals surface area contributed by atoms with Gasteiger partial charge < -0.3 is 0 Å². The monoisotopic (exact) mass is 222 g/mol. The summed E-state index contributed by atoms with van der Waals surface area (Å²) in [4.78, 5) is 10.6. The number of aromatic nitrogens is 2. The molecule has 0 saturated carbocycles. The third-order valence-electron chi connectivity index (χ3n) is 2.26. The zero-order chi connectivity index (χ0) is 11.7. The molecule has 0 N–H and O–H groups in total. The van der Waals surface area contributed by atoms with Crippen molar-refractivity contribution < 1.29 is 13.6 Å². The highest BCUT2D eigenvalue weighted by Crippen LogP contribution is 2.24. The third kappa shape index (κ3) is 1.60. The maximum atomic E-state index is 13.4. The molecule has 0 spiro atoms. The summed E-state index contributed by atoms with van der Waals surface area (Å²) >= 11 is 0. The van der Waals surface area contributed by atoms with Gasteiger partial charge in [0.05, 0.1) is 11.3 Å². The molecule has 0 saturated heterocycles. The zero-order valence-electron chi connectivity index (χ0n) is 8.45. The zero-order valence-corrected chi connectivity index (χ0v) is 8.45. The first-order chi connectivity index (χ1) is 7.63. The summed E-state index contributed by atoms with van der Waals surface area (Å²) in [6.45, 7) is 0. The molecule has 3 nitrogen and oxygen atoms in total. The first kappa shape index (κ1) is 10.5. The van der Waals surface area contributed by atoms with Crippen LogP contribution in [0.1, 0.15) is 10.5 Å². The van der Waals surface area contributed by atoms with Crippen molar-refractivity contribution in [2.75, 3.05) is 0 Å². The van der Waals surface area contributed by atoms with Crippen LogP contribution in [-0.4, -0.2) is 16.1 Å². The van der Waals surface area contributed by atoms with E-state index in [1.807, 2.05) is 0 Å². The number of carbonyl (C=O) groups excluding carboxylic acids is 1. The van der Waals surface area contributed by atoms with Crippen LogP contribution in [0, 0.1) is 11.6 Å². The summed E-state index contributed by atoms with van der Waals surface area (Å²) in [5.41, 5.74) is 0.157. The molecular weight excluding hydrogens is 214 g/mol. The number of carbonyl (C=O) groups is 1. The molecule has 0 aliphatic carbocycles. The molecule has 0 unspecified atom stereocenters. The van der Waals surface area contributed by atoms with Crippen molar-refractivity contribution in [2.24, 2.45) is 7.05 Å². The number of benzene rings is 1. The van der Waals surface area contributed by atoms with E-state index in [2.05, 4.69) is 5.10 Å². The Balaban J connectivity index is 2.63. The molecule has 2 aromatic rings. The van der Waals surface area contributed by atoms with Gasteiger partial charge in [-0.2, -0.15) is 5.10 Å². The predicted octanol–water partition coefficient (Wildman–Crippen LogP) is 2.18. The lowest BCUT2D eigenvalue weighted by Gasteiger charge is -2.00. The molecule has 0 fully saturated rings. The van der Waals surface area contributed by atoms with Crippen molar-refractivity contribution in [2.45, 2.75) is 0 Å². The topological polar surface area (TPSA) is 34.9 Å². The molecule has 0 amide bonds. The van der Waals surface area contributed by atoms with Gasteiger partial charge in [0, 0.05) is 7.05 Å². The van der Waals surface area contributed by atoms with E-state index in [1.54, 1.807) is 0 Å². The number of rotatable bonds is 2. The van der Waals surface area contributed by atoms with E-state index in [1.165, 1.54) is 23.9 Å². The number of hydrogen-bond donors (Lipinski definition) is 0. The first-order valence-corrected chi connectivity index (χ1v) is 4.57. The van der Waals surface area contributed by atoms with Crippen LogP contribution in [0.4, 0.5) is 8.78 Å². The van der Waals surface area contributed by atoms with Crippen LogP contribution in [0.3, 0.4) is 0 Å². The quantitative estimate of drug-likeness (QED) is 0.730. The van der Waals surface area contributed by atoms with E-state index in [4.69, 9.17) is 0 Å². The van der Waals surface area contributed by atoms with E-state index in [0.29, 0.717) is 6.29 Å². The highest BCUT2D eigenvalue weighted by Gasteiger charge is 2.15. The van der Waals surface area contributed by atoms with Crippen LogP contribution < -0.4 is 0 Å². The number of nitrogens with zero attached hydrogens (tertiary/aromatic N) is 2. The summed E-state index contributed by atoms with van der Waals surface area (Å²) in [5.74, 6) is -1.40. The summed E-state index contributed by atoms with van der Waals surface area (Å²) in [6.07, 6.45) is 0.579. The van der Waals surface area contributed by atoms with Gasteiger partial charge in [-0.15, -0.1) is 0 Å². The van der Waals surface area contributed by atoms with Gasteiger partial charge in [0.25, 0.3) is 0 Å². The SMILES string of the molecule is Cn1nc(-c2c(F)cccc2F)cc1C=O. The van der Waals surface area contributed by atoms with E-state index in [9.17, 15) is 13.6 Å². The van der Waals surface area contributed by atoms with Crippen LogP contribution in [0.25, 0.3) is 11.3 Å². The molecule has 0 aliphatic rings. The summed E-state index contributed by atoms with van der Waals surface area (Å²) in [5, 5.41) is 3.88. The van der Waals surface area contributed by atoms with Crippen LogP contribution in [-0.2, 0) is 7.05 Å². The summed E-state index contributed by atoms with van der Waals surface area (Å²) in [7, 11) is 1.53. The highest BCUT2D eigenvalue weighted by atomic mass is 19.1. The summed E-state index contributed by atoms with van der Waals surface area (Å²) < 4.78 is 28.1. The minimum atomic E-state index is -0.699. The minimum Gasteiger partial charge on any atom is -0.296 e. The van der Waals surface area contributed by atoms with Crippen molar-refractivity contribution in [1.29, 1.82) is 0 Å². The van der Waals surface area contributed by atoms with Crippen LogP contribution in [0.15, 0.2) is 24.3 Å². The fourth-order valence-electron chi connectivity index (χ4n) is 1.46. The second kappa shape index (κ2) is 3.84. The molecule has 1 aromatic carbocycles. The van der Waals surface area contributed by atoms with E-state index in [0.717, 1.165) is 12.1 Å². The van der Waals surface area contributed by atoms with Crippen LogP contribution >= 0.6 is 0 Å². The van der Waals surface area contributed by atoms with E-state index >= 15 is 0 Å². The van der Waals surface area contributed by atoms with Gasteiger partial charge >= 0.3 is 0 Å². The lowest BCUT2D eigenvalue weighted by molar-refractivity contribution is 0.111. The van der Waals surface area contributed by atoms with Crippen molar-refractivity contribution in [3.63, 3.8) is 0 Å². The highest BCUT2D eigenvalue weighted by molar-refractivity contribution is 5.76. The molecule has 0 aliphatic heterocycles. The molecular formula is C11H8F2N2O. The van der Waals surface area contributed by atoms with Crippen molar-refractivity contribution in [1.82, 2.24) is 9.78 Å². The first-order valence-electron chi connectivity index (χ1n) is 4.57. The van der Waals surface area contributed by atoms with Crippen LogP contribution in [0.5, 0.6) is 0 Å². The molecule has 5 heteroatoms. The lowest BCUT2D eigenvalue weighted by Crippen LogP contribution is -1.96. The number of aldehydes is 1. The fourth-order valence-corrected chi connectivity index (χ4v) is 1.46. The third-order valence-corrected chi connectivity index (χ3v) is 2.26.